The van der Waals surface area contributed by atoms with Gasteiger partial charge in [0.2, 0.25) is 11.8 Å². The van der Waals surface area contributed by atoms with Gasteiger partial charge >= 0.3 is 0 Å². The van der Waals surface area contributed by atoms with Gasteiger partial charge in [0, 0.05) is 16.8 Å². The Labute approximate surface area is 294 Å². The molecule has 0 heterocycles. The van der Waals surface area contributed by atoms with Crippen molar-refractivity contribution in [3.8, 4) is 0 Å². The van der Waals surface area contributed by atoms with E-state index in [9.17, 15) is 4.79 Å². The SMILES string of the molecule is CC(C)(C)C(=O)Nc1cccc(NC(=O)C(c2ccc(C(C)(C)C)cc2)(c2ccc(C(C)(C)C)cc2)c2ccc(C(C)(C)C)cc2)c1[S-]. The van der Waals surface area contributed by atoms with Crippen LogP contribution in [0.2, 0.25) is 0 Å². The molecule has 4 nitrogen and oxygen atoms in total. The fourth-order valence-electron chi connectivity index (χ4n) is 5.81. The number of nitrogens with one attached hydrogen (secondary N) is 2. The standard InChI is InChI=1S/C43H54N2O2S/c1-39(2,3)28-16-22-31(23-17-28)43(32-24-18-29(19-25-32)40(4,5)6,33-26-20-30(21-27-33)41(7,8)9)38(47)45-35-15-13-14-34(36(35)48)44-37(46)42(10,11)12/h13-27,48H,1-12H3,(H,44,46)(H,45,47)/p-1. The molecular weight excluding hydrogens is 609 g/mol. The topological polar surface area (TPSA) is 58.2 Å². The summed E-state index contributed by atoms with van der Waals surface area (Å²) in [6.45, 7) is 25.3. The predicted octanol–water partition coefficient (Wildman–Crippen LogP) is 10.4. The molecule has 4 aromatic rings. The van der Waals surface area contributed by atoms with Crippen molar-refractivity contribution in [2.24, 2.45) is 5.41 Å². The van der Waals surface area contributed by atoms with Crippen LogP contribution in [0.4, 0.5) is 11.4 Å². The molecule has 0 aliphatic carbocycles. The van der Waals surface area contributed by atoms with Crippen LogP contribution in [0.1, 0.15) is 116 Å². The average Bonchev–Trinajstić information content (AvgIpc) is 2.98. The lowest BCUT2D eigenvalue weighted by atomic mass is 9.67. The van der Waals surface area contributed by atoms with E-state index in [4.69, 9.17) is 12.6 Å². The molecule has 0 saturated carbocycles. The first-order valence-corrected chi connectivity index (χ1v) is 17.2. The Morgan fingerprint density at radius 3 is 0.979 bits per heavy atom. The van der Waals surface area contributed by atoms with E-state index < -0.39 is 10.8 Å². The largest absolute Gasteiger partial charge is 0.776 e. The normalized spacial score (nSPS) is 12.8. The molecule has 0 aromatic heterocycles. The second-order valence-electron chi connectivity index (χ2n) is 17.1. The summed E-state index contributed by atoms with van der Waals surface area (Å²) in [5.74, 6) is -0.383. The Kier molecular flexibility index (Phi) is 10.1. The van der Waals surface area contributed by atoms with Crippen LogP contribution in [0.3, 0.4) is 0 Å². The Balaban J connectivity index is 1.99. The fraction of sp³-hybridized carbons (Fsp3) is 0.395. The van der Waals surface area contributed by atoms with Gasteiger partial charge in [0.15, 0.2) is 0 Å². The van der Waals surface area contributed by atoms with E-state index in [-0.39, 0.29) is 28.1 Å². The molecule has 0 aliphatic heterocycles. The number of carbonyl (C=O) groups is 2. The van der Waals surface area contributed by atoms with Gasteiger partial charge in [0.05, 0.1) is 0 Å². The van der Waals surface area contributed by atoms with E-state index in [1.807, 2.05) is 20.8 Å². The summed E-state index contributed by atoms with van der Waals surface area (Å²) in [5, 5.41) is 6.20. The van der Waals surface area contributed by atoms with Gasteiger partial charge in [-0.05, 0) is 61.8 Å². The zero-order valence-electron chi connectivity index (χ0n) is 30.9. The van der Waals surface area contributed by atoms with Gasteiger partial charge in [-0.15, -0.1) is 4.90 Å². The molecule has 0 fully saturated rings. The number of amides is 2. The van der Waals surface area contributed by atoms with Crippen LogP contribution in [0.25, 0.3) is 0 Å². The van der Waals surface area contributed by atoms with Crippen molar-refractivity contribution in [1.82, 2.24) is 0 Å². The number of rotatable bonds is 6. The lowest BCUT2D eigenvalue weighted by Crippen LogP contribution is -2.43. The minimum atomic E-state index is -1.23. The maximum Gasteiger partial charge on any atom is 0.243 e. The van der Waals surface area contributed by atoms with Crippen LogP contribution in [-0.4, -0.2) is 11.8 Å². The average molecular weight is 662 g/mol. The van der Waals surface area contributed by atoms with Crippen molar-refractivity contribution in [2.75, 3.05) is 10.6 Å². The van der Waals surface area contributed by atoms with Gasteiger partial charge in [0.1, 0.15) is 5.41 Å². The smallest absolute Gasteiger partial charge is 0.243 e. The van der Waals surface area contributed by atoms with Crippen molar-refractivity contribution in [3.63, 3.8) is 0 Å². The monoisotopic (exact) mass is 661 g/mol. The van der Waals surface area contributed by atoms with Gasteiger partial charge in [-0.25, -0.2) is 0 Å². The van der Waals surface area contributed by atoms with Crippen LogP contribution in [-0.2, 0) is 43.9 Å². The zero-order chi connectivity index (χ0) is 35.9. The summed E-state index contributed by atoms with van der Waals surface area (Å²) in [5.41, 5.74) is 5.06. The molecule has 0 aliphatic rings. The number of anilines is 2. The van der Waals surface area contributed by atoms with E-state index >= 15 is 4.79 Å². The highest BCUT2D eigenvalue weighted by molar-refractivity contribution is 7.59. The molecule has 0 bridgehead atoms. The molecule has 5 heteroatoms. The summed E-state index contributed by atoms with van der Waals surface area (Å²) in [7, 11) is 0. The Morgan fingerprint density at radius 1 is 0.438 bits per heavy atom. The van der Waals surface area contributed by atoms with Crippen LogP contribution < -0.4 is 10.6 Å². The first kappa shape index (κ1) is 36.9. The first-order valence-electron chi connectivity index (χ1n) is 16.8. The molecule has 0 spiro atoms. The van der Waals surface area contributed by atoms with Crippen LogP contribution in [0.5, 0.6) is 0 Å². The third kappa shape index (κ3) is 7.68. The van der Waals surface area contributed by atoms with Crippen molar-refractivity contribution in [3.05, 3.63) is 124 Å². The highest BCUT2D eigenvalue weighted by Crippen LogP contribution is 2.43. The van der Waals surface area contributed by atoms with Gasteiger partial charge in [-0.2, -0.15) is 0 Å². The van der Waals surface area contributed by atoms with Crippen molar-refractivity contribution in [1.29, 1.82) is 0 Å². The lowest BCUT2D eigenvalue weighted by molar-refractivity contribution is -0.123. The van der Waals surface area contributed by atoms with E-state index in [1.54, 1.807) is 18.2 Å². The second kappa shape index (κ2) is 13.2. The van der Waals surface area contributed by atoms with Gasteiger partial charge < -0.3 is 23.3 Å². The summed E-state index contributed by atoms with van der Waals surface area (Å²) >= 11 is 5.87. The van der Waals surface area contributed by atoms with Crippen molar-refractivity contribution in [2.45, 2.75) is 110 Å². The molecule has 0 saturated heterocycles. The zero-order valence-corrected chi connectivity index (χ0v) is 31.7. The third-order valence-electron chi connectivity index (χ3n) is 9.09. The number of hydrogen-bond acceptors (Lipinski definition) is 3. The molecule has 0 radical (unpaired) electrons. The first-order chi connectivity index (χ1) is 22.1. The highest BCUT2D eigenvalue weighted by atomic mass is 32.1. The molecular formula is C43H53N2O2S-. The summed E-state index contributed by atoms with van der Waals surface area (Å²) < 4.78 is 0. The van der Waals surface area contributed by atoms with Crippen molar-refractivity contribution >= 4 is 35.8 Å². The molecule has 4 aromatic carbocycles. The van der Waals surface area contributed by atoms with E-state index in [2.05, 4.69) is 146 Å². The third-order valence-corrected chi connectivity index (χ3v) is 9.52. The quantitative estimate of drug-likeness (QED) is 0.160. The molecule has 2 amide bonds. The van der Waals surface area contributed by atoms with E-state index in [0.29, 0.717) is 16.3 Å². The number of carbonyl (C=O) groups excluding carboxylic acids is 2. The molecule has 0 unspecified atom stereocenters. The van der Waals surface area contributed by atoms with Gasteiger partial charge in [-0.3, -0.25) is 9.59 Å². The molecule has 0 atom stereocenters. The maximum absolute atomic E-state index is 15.3. The molecule has 254 valence electrons. The van der Waals surface area contributed by atoms with Crippen molar-refractivity contribution < 1.29 is 9.59 Å². The van der Waals surface area contributed by atoms with E-state index in [1.165, 1.54) is 16.7 Å². The van der Waals surface area contributed by atoms with Crippen LogP contribution in [0, 0.1) is 5.41 Å². The molecule has 4 rings (SSSR count). The predicted molar refractivity (Wildman–Crippen MR) is 204 cm³/mol. The van der Waals surface area contributed by atoms with Crippen LogP contribution >= 0.6 is 0 Å². The molecule has 48 heavy (non-hydrogen) atoms. The summed E-state index contributed by atoms with van der Waals surface area (Å²) in [6, 6.07) is 30.7. The Bertz CT molecular complexity index is 1620. The second-order valence-corrected chi connectivity index (χ2v) is 17.5. The maximum atomic E-state index is 15.3. The van der Waals surface area contributed by atoms with E-state index in [0.717, 1.165) is 16.7 Å². The van der Waals surface area contributed by atoms with Gasteiger partial charge in [-0.1, -0.05) is 162 Å². The Morgan fingerprint density at radius 2 is 0.708 bits per heavy atom. The summed E-state index contributed by atoms with van der Waals surface area (Å²) in [4.78, 5) is 28.5. The minimum absolute atomic E-state index is 0.0542. The van der Waals surface area contributed by atoms with Gasteiger partial charge in [0.25, 0.3) is 0 Å². The fourth-order valence-corrected chi connectivity index (χ4v) is 6.05. The minimum Gasteiger partial charge on any atom is -0.776 e. The lowest BCUT2D eigenvalue weighted by Gasteiger charge is -2.36. The highest BCUT2D eigenvalue weighted by Gasteiger charge is 2.44. The van der Waals surface area contributed by atoms with Crippen LogP contribution in [0.15, 0.2) is 95.9 Å². The molecule has 2 N–H and O–H groups in total. The summed E-state index contributed by atoms with van der Waals surface area (Å²) in [6.07, 6.45) is 0. The Hall–Kier alpha value is -3.96. The number of benzene rings is 4. The number of hydrogen-bond donors (Lipinski definition) is 2.